The Morgan fingerprint density at radius 2 is 1.89 bits per heavy atom. The summed E-state index contributed by atoms with van der Waals surface area (Å²) >= 11 is 14.0. The lowest BCUT2D eigenvalue weighted by molar-refractivity contribution is 0.283. The molecule has 28 heavy (non-hydrogen) atoms. The molecule has 0 bridgehead atoms. The first kappa shape index (κ1) is 21.8. The number of hydrogen-bond donors (Lipinski definition) is 0. The predicted octanol–water partition coefficient (Wildman–Crippen LogP) is 7.04. The van der Waals surface area contributed by atoms with E-state index in [2.05, 4.69) is 30.0 Å². The van der Waals surface area contributed by atoms with Gasteiger partial charge in [-0.3, -0.25) is 0 Å². The molecule has 0 saturated carbocycles. The van der Waals surface area contributed by atoms with Gasteiger partial charge in [0.2, 0.25) is 0 Å². The maximum atomic E-state index is 14.1. The number of hydrogen-bond acceptors (Lipinski definition) is 3. The zero-order valence-corrected chi connectivity index (χ0v) is 19.0. The summed E-state index contributed by atoms with van der Waals surface area (Å²) in [4.78, 5) is 3.39. The molecule has 1 aliphatic heterocycles. The smallest absolute Gasteiger partial charge is 0.123 e. The van der Waals surface area contributed by atoms with Gasteiger partial charge in [0.15, 0.2) is 0 Å². The Hall–Kier alpha value is -0.940. The third-order valence-corrected chi connectivity index (χ3v) is 7.33. The number of nitrogens with zero attached hydrogens (tertiary/aromatic N) is 2. The van der Waals surface area contributed by atoms with Crippen molar-refractivity contribution in [3.05, 3.63) is 57.8 Å². The maximum Gasteiger partial charge on any atom is 0.123 e. The molecular formula is C22H27Cl2FN2S. The van der Waals surface area contributed by atoms with E-state index in [-0.39, 0.29) is 11.2 Å². The summed E-state index contributed by atoms with van der Waals surface area (Å²) in [6.45, 7) is 10.7. The van der Waals surface area contributed by atoms with Gasteiger partial charge in [-0.05, 0) is 86.4 Å². The Morgan fingerprint density at radius 1 is 1.14 bits per heavy atom. The van der Waals surface area contributed by atoms with Gasteiger partial charge in [-0.15, -0.1) is 0 Å². The maximum absolute atomic E-state index is 14.1. The van der Waals surface area contributed by atoms with Crippen molar-refractivity contribution < 1.29 is 4.39 Å². The fourth-order valence-electron chi connectivity index (χ4n) is 3.89. The fraction of sp³-hybridized carbons (Fsp3) is 0.455. The summed E-state index contributed by atoms with van der Waals surface area (Å²) in [5, 5.41) is 1.26. The zero-order chi connectivity index (χ0) is 20.3. The quantitative estimate of drug-likeness (QED) is 0.406. The van der Waals surface area contributed by atoms with Crippen molar-refractivity contribution in [2.24, 2.45) is 0 Å². The molecule has 1 unspecified atom stereocenters. The minimum Gasteiger partial charge on any atom is -0.311 e. The van der Waals surface area contributed by atoms with Crippen LogP contribution in [0.15, 0.2) is 41.3 Å². The molecule has 152 valence electrons. The number of rotatable bonds is 8. The molecule has 0 saturated heterocycles. The Balaban J connectivity index is 1.81. The van der Waals surface area contributed by atoms with Crippen LogP contribution in [0.3, 0.4) is 0 Å². The highest BCUT2D eigenvalue weighted by atomic mass is 35.5. The van der Waals surface area contributed by atoms with E-state index in [9.17, 15) is 4.39 Å². The molecule has 3 rings (SSSR count). The molecule has 1 atom stereocenters. The van der Waals surface area contributed by atoms with Crippen molar-refractivity contribution in [1.29, 1.82) is 0 Å². The van der Waals surface area contributed by atoms with E-state index in [1.165, 1.54) is 6.07 Å². The number of halogens is 3. The van der Waals surface area contributed by atoms with Crippen LogP contribution in [0, 0.1) is 5.82 Å². The molecule has 1 aliphatic rings. The first-order valence-electron chi connectivity index (χ1n) is 9.79. The second kappa shape index (κ2) is 9.25. The van der Waals surface area contributed by atoms with E-state index in [0.717, 1.165) is 55.2 Å². The Morgan fingerprint density at radius 3 is 2.57 bits per heavy atom. The summed E-state index contributed by atoms with van der Waals surface area (Å²) in [5.74, 6) is -0.176. The third-order valence-electron chi connectivity index (χ3n) is 5.57. The molecule has 2 aromatic rings. The molecule has 1 heterocycles. The van der Waals surface area contributed by atoms with Crippen molar-refractivity contribution >= 4 is 40.8 Å². The van der Waals surface area contributed by atoms with Crippen molar-refractivity contribution in [3.8, 4) is 0 Å². The third kappa shape index (κ3) is 4.79. The van der Waals surface area contributed by atoms with Gasteiger partial charge in [-0.25, -0.2) is 4.39 Å². The van der Waals surface area contributed by atoms with Crippen molar-refractivity contribution in [1.82, 2.24) is 4.90 Å². The topological polar surface area (TPSA) is 6.48 Å². The molecule has 6 heteroatoms. The second-order valence-corrected chi connectivity index (χ2v) is 9.46. The largest absolute Gasteiger partial charge is 0.311 e. The van der Waals surface area contributed by atoms with Crippen LogP contribution < -0.4 is 4.31 Å². The van der Waals surface area contributed by atoms with Gasteiger partial charge in [-0.1, -0.05) is 44.0 Å². The summed E-state index contributed by atoms with van der Waals surface area (Å²) in [6.07, 6.45) is 2.11. The van der Waals surface area contributed by atoms with Crippen LogP contribution in [-0.2, 0) is 5.41 Å². The molecule has 0 spiro atoms. The normalized spacial score (nSPS) is 18.8. The van der Waals surface area contributed by atoms with Gasteiger partial charge >= 0.3 is 0 Å². The first-order chi connectivity index (χ1) is 13.4. The van der Waals surface area contributed by atoms with Crippen molar-refractivity contribution in [2.45, 2.75) is 43.9 Å². The lowest BCUT2D eigenvalue weighted by Crippen LogP contribution is -2.30. The highest BCUT2D eigenvalue weighted by molar-refractivity contribution is 8.00. The summed E-state index contributed by atoms with van der Waals surface area (Å²) in [7, 11) is 0. The Labute approximate surface area is 182 Å². The van der Waals surface area contributed by atoms with Gasteiger partial charge < -0.3 is 9.21 Å². The fourth-order valence-corrected chi connectivity index (χ4v) is 5.52. The number of benzene rings is 2. The van der Waals surface area contributed by atoms with E-state index in [1.54, 1.807) is 24.1 Å². The average molecular weight is 441 g/mol. The van der Waals surface area contributed by atoms with E-state index in [1.807, 2.05) is 18.2 Å². The Kier molecular flexibility index (Phi) is 7.19. The van der Waals surface area contributed by atoms with Crippen LogP contribution in [0.25, 0.3) is 0 Å². The molecule has 0 aromatic heterocycles. The van der Waals surface area contributed by atoms with E-state index in [0.29, 0.717) is 10.0 Å². The van der Waals surface area contributed by atoms with Crippen LogP contribution in [-0.4, -0.2) is 31.1 Å². The van der Waals surface area contributed by atoms with Crippen molar-refractivity contribution in [2.75, 3.05) is 30.5 Å². The number of fused-ring (bicyclic) bond motifs is 1. The lowest BCUT2D eigenvalue weighted by atomic mass is 9.80. The highest BCUT2D eigenvalue weighted by Crippen LogP contribution is 2.48. The average Bonchev–Trinajstić information content (AvgIpc) is 2.93. The van der Waals surface area contributed by atoms with E-state index >= 15 is 0 Å². The Bertz CT molecular complexity index is 828. The monoisotopic (exact) mass is 440 g/mol. The number of anilines is 1. The standard InChI is InChI=1S/C22H27Cl2FN2S/c1-4-26(5-2)12-6-11-22(3)15-27(20-9-8-17(25)14-18(20)22)28-21-10-7-16(23)13-19(21)24/h7-10,13-14H,4-6,11-12,15H2,1-3H3. The van der Waals surface area contributed by atoms with E-state index in [4.69, 9.17) is 23.2 Å². The van der Waals surface area contributed by atoms with Crippen LogP contribution in [0.2, 0.25) is 10.0 Å². The zero-order valence-electron chi connectivity index (χ0n) is 16.6. The van der Waals surface area contributed by atoms with Gasteiger partial charge in [-0.2, -0.15) is 0 Å². The van der Waals surface area contributed by atoms with Crippen molar-refractivity contribution in [3.63, 3.8) is 0 Å². The predicted molar refractivity (Wildman–Crippen MR) is 120 cm³/mol. The SMILES string of the molecule is CCN(CC)CCCC1(C)CN(Sc2ccc(Cl)cc2Cl)c2ccc(F)cc21. The lowest BCUT2D eigenvalue weighted by Gasteiger charge is -2.27. The molecule has 0 aliphatic carbocycles. The van der Waals surface area contributed by atoms with Gasteiger partial charge in [0.25, 0.3) is 0 Å². The first-order valence-corrected chi connectivity index (χ1v) is 11.3. The van der Waals surface area contributed by atoms with E-state index < -0.39 is 0 Å². The molecule has 0 amide bonds. The summed E-state index contributed by atoms with van der Waals surface area (Å²) < 4.78 is 16.3. The molecule has 2 nitrogen and oxygen atoms in total. The highest BCUT2D eigenvalue weighted by Gasteiger charge is 2.39. The molecule has 0 N–H and O–H groups in total. The summed E-state index contributed by atoms with van der Waals surface area (Å²) in [6, 6.07) is 10.7. The molecule has 0 fully saturated rings. The minimum absolute atomic E-state index is 0.0868. The van der Waals surface area contributed by atoms with Crippen LogP contribution in [0.4, 0.5) is 10.1 Å². The molecule has 0 radical (unpaired) electrons. The second-order valence-electron chi connectivity index (χ2n) is 7.56. The van der Waals surface area contributed by atoms with Crippen LogP contribution in [0.5, 0.6) is 0 Å². The van der Waals surface area contributed by atoms with Crippen LogP contribution in [0.1, 0.15) is 39.2 Å². The molecule has 2 aromatic carbocycles. The van der Waals surface area contributed by atoms with Gasteiger partial charge in [0.1, 0.15) is 5.82 Å². The van der Waals surface area contributed by atoms with Gasteiger partial charge in [0, 0.05) is 21.9 Å². The molecular weight excluding hydrogens is 414 g/mol. The van der Waals surface area contributed by atoms with Crippen LogP contribution >= 0.6 is 35.1 Å². The minimum atomic E-state index is -0.176. The summed E-state index contributed by atoms with van der Waals surface area (Å²) in [5.41, 5.74) is 2.07. The van der Waals surface area contributed by atoms with Gasteiger partial charge in [0.05, 0.1) is 10.7 Å².